The molecule has 2 saturated heterocycles. The number of nitriles is 1. The number of ether oxygens (including phenoxy) is 2. The molecule has 1 aromatic rings. The second kappa shape index (κ2) is 5.74. The summed E-state index contributed by atoms with van der Waals surface area (Å²) in [5.41, 5.74) is -0.893. The van der Waals surface area contributed by atoms with E-state index in [1.165, 1.54) is 0 Å². The van der Waals surface area contributed by atoms with Crippen molar-refractivity contribution in [3.63, 3.8) is 0 Å². The Labute approximate surface area is 124 Å². The summed E-state index contributed by atoms with van der Waals surface area (Å²) in [6.07, 6.45) is 0.999. The van der Waals surface area contributed by atoms with Gasteiger partial charge in [0.15, 0.2) is 0 Å². The van der Waals surface area contributed by atoms with Crippen LogP contribution in [0.5, 0.6) is 5.75 Å². The molecule has 1 amide bonds. The van der Waals surface area contributed by atoms with Gasteiger partial charge in [-0.25, -0.2) is 0 Å². The van der Waals surface area contributed by atoms with Crippen LogP contribution >= 0.6 is 0 Å². The number of para-hydroxylation sites is 1. The lowest BCUT2D eigenvalue weighted by atomic mass is 9.79. The summed E-state index contributed by atoms with van der Waals surface area (Å²) < 4.78 is 11.0. The summed E-state index contributed by atoms with van der Waals surface area (Å²) in [7, 11) is 0. The predicted molar refractivity (Wildman–Crippen MR) is 75.5 cm³/mol. The topological polar surface area (TPSA) is 62.6 Å². The highest BCUT2D eigenvalue weighted by atomic mass is 16.5. The number of hydrogen-bond acceptors (Lipinski definition) is 4. The maximum absolute atomic E-state index is 12.5. The maximum atomic E-state index is 12.5. The first-order valence-electron chi connectivity index (χ1n) is 7.24. The number of likely N-dealkylation sites (tertiary alicyclic amines) is 1. The van der Waals surface area contributed by atoms with E-state index >= 15 is 0 Å². The zero-order valence-corrected chi connectivity index (χ0v) is 11.8. The second-order valence-corrected chi connectivity index (χ2v) is 5.57. The zero-order chi connectivity index (χ0) is 14.7. The first-order valence-corrected chi connectivity index (χ1v) is 7.24. The van der Waals surface area contributed by atoms with Crippen molar-refractivity contribution in [2.24, 2.45) is 5.41 Å². The highest BCUT2D eigenvalue weighted by molar-refractivity contribution is 5.86. The lowest BCUT2D eigenvalue weighted by Crippen LogP contribution is -2.60. The van der Waals surface area contributed by atoms with Crippen LogP contribution in [0.15, 0.2) is 30.3 Å². The van der Waals surface area contributed by atoms with E-state index in [0.717, 1.165) is 5.75 Å². The van der Waals surface area contributed by atoms with Crippen molar-refractivity contribution in [2.75, 3.05) is 26.3 Å². The molecule has 0 aliphatic carbocycles. The minimum absolute atomic E-state index is 0.0203. The van der Waals surface area contributed by atoms with Crippen LogP contribution in [-0.4, -0.2) is 43.2 Å². The highest BCUT2D eigenvalue weighted by Crippen LogP contribution is 2.34. The van der Waals surface area contributed by atoms with Crippen LogP contribution in [0.3, 0.4) is 0 Å². The molecule has 0 saturated carbocycles. The maximum Gasteiger partial charge on any atom is 0.243 e. The molecule has 2 heterocycles. The van der Waals surface area contributed by atoms with Crippen LogP contribution in [0.4, 0.5) is 0 Å². The Morgan fingerprint density at radius 2 is 1.95 bits per heavy atom. The largest absolute Gasteiger partial charge is 0.487 e. The van der Waals surface area contributed by atoms with Crippen molar-refractivity contribution in [2.45, 2.75) is 18.9 Å². The van der Waals surface area contributed by atoms with Crippen molar-refractivity contribution in [3.8, 4) is 11.8 Å². The number of hydrogen-bond donors (Lipinski definition) is 0. The lowest BCUT2D eigenvalue weighted by Gasteiger charge is -2.43. The molecule has 0 N–H and O–H groups in total. The second-order valence-electron chi connectivity index (χ2n) is 5.57. The van der Waals surface area contributed by atoms with Crippen LogP contribution in [0, 0.1) is 16.7 Å². The standard InChI is InChI=1S/C16H18N2O3/c17-12-16(6-8-20-9-7-16)15(19)18-10-14(11-18)21-13-4-2-1-3-5-13/h1-5,14H,6-11H2. The van der Waals surface area contributed by atoms with Crippen LogP contribution in [0.1, 0.15) is 12.8 Å². The van der Waals surface area contributed by atoms with Gasteiger partial charge in [0.05, 0.1) is 19.2 Å². The molecule has 0 radical (unpaired) electrons. The number of benzene rings is 1. The minimum Gasteiger partial charge on any atom is -0.487 e. The Balaban J connectivity index is 1.56. The Morgan fingerprint density at radius 1 is 1.29 bits per heavy atom. The summed E-state index contributed by atoms with van der Waals surface area (Å²) in [6, 6.07) is 11.8. The van der Waals surface area contributed by atoms with Gasteiger partial charge in [-0.1, -0.05) is 18.2 Å². The van der Waals surface area contributed by atoms with Gasteiger partial charge in [0.25, 0.3) is 0 Å². The molecule has 2 aliphatic heterocycles. The molecule has 3 rings (SSSR count). The monoisotopic (exact) mass is 286 g/mol. The summed E-state index contributed by atoms with van der Waals surface area (Å²) >= 11 is 0. The fourth-order valence-electron chi connectivity index (χ4n) is 2.77. The average Bonchev–Trinajstić information content (AvgIpc) is 2.51. The van der Waals surface area contributed by atoms with E-state index in [-0.39, 0.29) is 12.0 Å². The molecule has 0 unspecified atom stereocenters. The van der Waals surface area contributed by atoms with Crippen LogP contribution in [0.25, 0.3) is 0 Å². The Morgan fingerprint density at radius 3 is 2.57 bits per heavy atom. The van der Waals surface area contributed by atoms with Crippen LogP contribution in [0.2, 0.25) is 0 Å². The van der Waals surface area contributed by atoms with Gasteiger partial charge < -0.3 is 14.4 Å². The van der Waals surface area contributed by atoms with Gasteiger partial charge in [0, 0.05) is 13.2 Å². The molecule has 0 spiro atoms. The van der Waals surface area contributed by atoms with Gasteiger partial charge in [-0.3, -0.25) is 4.79 Å². The van der Waals surface area contributed by atoms with Crippen molar-refractivity contribution in [1.29, 1.82) is 5.26 Å². The van der Waals surface area contributed by atoms with E-state index in [0.29, 0.717) is 39.1 Å². The molecular formula is C16H18N2O3. The fraction of sp³-hybridized carbons (Fsp3) is 0.500. The highest BCUT2D eigenvalue weighted by Gasteiger charge is 2.46. The quantitative estimate of drug-likeness (QED) is 0.846. The van der Waals surface area contributed by atoms with E-state index < -0.39 is 5.41 Å². The molecule has 2 aliphatic rings. The summed E-state index contributed by atoms with van der Waals surface area (Å²) in [6.45, 7) is 2.07. The van der Waals surface area contributed by atoms with Crippen LogP contribution < -0.4 is 4.74 Å². The van der Waals surface area contributed by atoms with Gasteiger partial charge in [-0.2, -0.15) is 5.26 Å². The summed E-state index contributed by atoms with van der Waals surface area (Å²) in [5, 5.41) is 9.40. The number of amides is 1. The van der Waals surface area contributed by atoms with Gasteiger partial charge in [0.1, 0.15) is 17.3 Å². The van der Waals surface area contributed by atoms with Crippen molar-refractivity contribution in [3.05, 3.63) is 30.3 Å². The third kappa shape index (κ3) is 2.72. The normalized spacial score (nSPS) is 21.2. The molecule has 1 aromatic carbocycles. The number of nitrogens with zero attached hydrogens (tertiary/aromatic N) is 2. The third-order valence-electron chi connectivity index (χ3n) is 4.15. The summed E-state index contributed by atoms with van der Waals surface area (Å²) in [4.78, 5) is 14.2. The molecule has 0 atom stereocenters. The fourth-order valence-corrected chi connectivity index (χ4v) is 2.77. The van der Waals surface area contributed by atoms with Crippen LogP contribution in [-0.2, 0) is 9.53 Å². The zero-order valence-electron chi connectivity index (χ0n) is 11.8. The van der Waals surface area contributed by atoms with Gasteiger partial charge in [0.2, 0.25) is 5.91 Å². The molecule has 110 valence electrons. The molecule has 5 heteroatoms. The molecular weight excluding hydrogens is 268 g/mol. The van der Waals surface area contributed by atoms with E-state index in [2.05, 4.69) is 6.07 Å². The summed E-state index contributed by atoms with van der Waals surface area (Å²) in [5.74, 6) is 0.747. The minimum atomic E-state index is -0.893. The molecule has 2 fully saturated rings. The van der Waals surface area contributed by atoms with Crippen molar-refractivity contribution in [1.82, 2.24) is 4.90 Å². The van der Waals surface area contributed by atoms with E-state index in [9.17, 15) is 10.1 Å². The van der Waals surface area contributed by atoms with Gasteiger partial charge in [-0.15, -0.1) is 0 Å². The lowest BCUT2D eigenvalue weighted by molar-refractivity contribution is -0.152. The van der Waals surface area contributed by atoms with Crippen molar-refractivity contribution < 1.29 is 14.3 Å². The Kier molecular flexibility index (Phi) is 3.80. The Hall–Kier alpha value is -2.06. The van der Waals surface area contributed by atoms with Gasteiger partial charge in [-0.05, 0) is 25.0 Å². The van der Waals surface area contributed by atoms with Gasteiger partial charge >= 0.3 is 0 Å². The first-order chi connectivity index (χ1) is 10.2. The molecule has 0 bridgehead atoms. The number of rotatable bonds is 3. The third-order valence-corrected chi connectivity index (χ3v) is 4.15. The predicted octanol–water partition coefficient (Wildman–Crippen LogP) is 1.60. The molecule has 21 heavy (non-hydrogen) atoms. The molecule has 0 aromatic heterocycles. The SMILES string of the molecule is N#CC1(C(=O)N2CC(Oc3ccccc3)C2)CCOCC1. The Bertz CT molecular complexity index is 540. The average molecular weight is 286 g/mol. The first kappa shape index (κ1) is 13.9. The number of carbonyl (C=O) groups excluding carboxylic acids is 1. The molecule has 5 nitrogen and oxygen atoms in total. The van der Waals surface area contributed by atoms with E-state index in [1.807, 2.05) is 30.3 Å². The van der Waals surface area contributed by atoms with E-state index in [1.54, 1.807) is 4.90 Å². The smallest absolute Gasteiger partial charge is 0.243 e. The van der Waals surface area contributed by atoms with E-state index in [4.69, 9.17) is 9.47 Å². The number of carbonyl (C=O) groups is 1. The van der Waals surface area contributed by atoms with Crippen molar-refractivity contribution >= 4 is 5.91 Å².